The van der Waals surface area contributed by atoms with Gasteiger partial charge in [0.25, 0.3) is 0 Å². The van der Waals surface area contributed by atoms with E-state index in [9.17, 15) is 0 Å². The fraction of sp³-hybridized carbons (Fsp3) is 1.00. The number of halogens is 21. The van der Waals surface area contributed by atoms with Crippen molar-refractivity contribution in [3.05, 3.63) is 0 Å². The highest BCUT2D eigenvalue weighted by molar-refractivity contribution is 9.42. The standard InChI is InChI=1S/C10HBr21/c11-2(12,1(3(13,14)15)4(16,17)18)5(19,20)6(21,22)7(23,24)8(25,26)9(27,28)10(29,30)31/h1H. The van der Waals surface area contributed by atoms with Gasteiger partial charge in [0.05, 0.1) is 5.92 Å². The monoisotopic (exact) mass is 1780 g/mol. The van der Waals surface area contributed by atoms with E-state index in [-0.39, 0.29) is 5.92 Å². The van der Waals surface area contributed by atoms with Gasteiger partial charge < -0.3 is 0 Å². The average molecular weight is 1800 g/mol. The van der Waals surface area contributed by atoms with Crippen LogP contribution in [0.3, 0.4) is 0 Å². The van der Waals surface area contributed by atoms with Crippen LogP contribution in [0.15, 0.2) is 0 Å². The molecule has 21 heteroatoms. The average Bonchev–Trinajstić information content (AvgIpc) is 2.40. The third-order valence-corrected chi connectivity index (χ3v) is 35.8. The highest BCUT2D eigenvalue weighted by atomic mass is 80.0. The lowest BCUT2D eigenvalue weighted by molar-refractivity contribution is 0.495. The van der Waals surface area contributed by atoms with Gasteiger partial charge in [-0.25, -0.2) is 0 Å². The Labute approximate surface area is 357 Å². The predicted molar refractivity (Wildman–Crippen MR) is 216 cm³/mol. The van der Waals surface area contributed by atoms with Crippen molar-refractivity contribution < 1.29 is 0 Å². The minimum atomic E-state index is -1.04. The van der Waals surface area contributed by atoms with Crippen LogP contribution in [-0.4, -0.2) is 25.8 Å². The van der Waals surface area contributed by atoms with Crippen molar-refractivity contribution in [1.82, 2.24) is 0 Å². The highest BCUT2D eigenvalue weighted by Gasteiger charge is 2.77. The Morgan fingerprint density at radius 2 is 0.516 bits per heavy atom. The first kappa shape index (κ1) is 41.1. The summed E-state index contributed by atoms with van der Waals surface area (Å²) < 4.78 is -8.22. The molecule has 31 heavy (non-hydrogen) atoms. The molecule has 0 aromatic carbocycles. The predicted octanol–water partition coefficient (Wildman–Crippen LogP) is 16.0. The summed E-state index contributed by atoms with van der Waals surface area (Å²) in [4.78, 5) is 0. The molecule has 0 spiro atoms. The largest absolute Gasteiger partial charge is 0.162 e. The molecule has 0 radical (unpaired) electrons. The summed E-state index contributed by atoms with van der Waals surface area (Å²) in [6, 6.07) is 0. The lowest BCUT2D eigenvalue weighted by Crippen LogP contribution is -2.68. The molecule has 188 valence electrons. The molecule has 0 aromatic heterocycles. The fourth-order valence-electron chi connectivity index (χ4n) is 1.76. The highest BCUT2D eigenvalue weighted by Crippen LogP contribution is 2.78. The van der Waals surface area contributed by atoms with Crippen molar-refractivity contribution in [1.29, 1.82) is 0 Å². The van der Waals surface area contributed by atoms with Crippen LogP contribution in [0.4, 0.5) is 0 Å². The van der Waals surface area contributed by atoms with E-state index in [1.54, 1.807) is 0 Å². The molecule has 0 saturated carbocycles. The van der Waals surface area contributed by atoms with Crippen LogP contribution in [0.2, 0.25) is 0 Å². The lowest BCUT2D eigenvalue weighted by atomic mass is 10.0. The van der Waals surface area contributed by atoms with Crippen molar-refractivity contribution in [2.24, 2.45) is 5.92 Å². The molecule has 0 amide bonds. The first-order valence-electron chi connectivity index (χ1n) is 6.33. The topological polar surface area (TPSA) is 0 Å². The SMILES string of the molecule is BrC(Br)(Br)C(C(Br)(Br)Br)C(Br)(Br)C(Br)(Br)C(Br)(Br)C(Br)(Br)C(Br)(Br)C(Br)(Br)C(Br)(Br)Br. The summed E-state index contributed by atoms with van der Waals surface area (Å²) in [6.45, 7) is 0. The molecule has 0 bridgehead atoms. The minimum Gasteiger partial charge on any atom is -0.0696 e. The molecule has 0 unspecified atom stereocenters. The summed E-state index contributed by atoms with van der Waals surface area (Å²) in [7, 11) is 0. The molecule has 0 atom stereocenters. The Kier molecular flexibility index (Phi) is 18.0. The maximum atomic E-state index is 3.89. The van der Waals surface area contributed by atoms with Crippen molar-refractivity contribution >= 4 is 335 Å². The Hall–Kier alpha value is 10.1. The molecule has 0 aliphatic carbocycles. The van der Waals surface area contributed by atoms with E-state index in [2.05, 4.69) is 335 Å². The van der Waals surface area contributed by atoms with Crippen LogP contribution in [0.25, 0.3) is 0 Å². The number of rotatable bonds is 6. The smallest absolute Gasteiger partial charge is 0.0696 e. The third-order valence-electron chi connectivity index (χ3n) is 3.37. The summed E-state index contributed by atoms with van der Waals surface area (Å²) >= 11 is 78.9. The van der Waals surface area contributed by atoms with E-state index >= 15 is 0 Å². The van der Waals surface area contributed by atoms with Crippen molar-refractivity contribution in [3.63, 3.8) is 0 Å². The first-order valence-corrected chi connectivity index (χ1v) is 23.0. The number of hydrogen-bond acceptors (Lipinski definition) is 0. The van der Waals surface area contributed by atoms with E-state index in [0.717, 1.165) is 0 Å². The normalized spacial score (nSPS) is 16.8. The summed E-state index contributed by atoms with van der Waals surface area (Å²) in [5.41, 5.74) is 0. The van der Waals surface area contributed by atoms with Gasteiger partial charge in [-0.1, -0.05) is 335 Å². The van der Waals surface area contributed by atoms with E-state index < -0.39 is 25.8 Å². The molecule has 0 saturated heterocycles. The molecule has 0 heterocycles. The van der Waals surface area contributed by atoms with Crippen molar-refractivity contribution in [2.75, 3.05) is 0 Å². The summed E-state index contributed by atoms with van der Waals surface area (Å²) in [6.07, 6.45) is 0. The van der Waals surface area contributed by atoms with Crippen molar-refractivity contribution in [2.45, 2.75) is 25.8 Å². The summed E-state index contributed by atoms with van der Waals surface area (Å²) in [5, 5.41) is 0. The van der Waals surface area contributed by atoms with Gasteiger partial charge in [-0.15, -0.1) is 0 Å². The molecular weight excluding hydrogens is 1800 g/mol. The number of alkyl halides is 21. The van der Waals surface area contributed by atoms with Gasteiger partial charge in [-0.05, 0) is 0 Å². The van der Waals surface area contributed by atoms with Gasteiger partial charge in [-0.2, -0.15) is 0 Å². The molecule has 0 aliphatic rings. The molecular formula is C10HBr21. The van der Waals surface area contributed by atoms with Gasteiger partial charge in [0.15, 0.2) is 2.14 Å². The molecule has 0 fully saturated rings. The molecule has 0 aliphatic heterocycles. The minimum absolute atomic E-state index is 0.364. The van der Waals surface area contributed by atoms with E-state index in [1.807, 2.05) is 0 Å². The lowest BCUT2D eigenvalue weighted by Gasteiger charge is -2.58. The second-order valence-electron chi connectivity index (χ2n) is 5.51. The molecule has 0 N–H and O–H groups in total. The van der Waals surface area contributed by atoms with E-state index in [0.29, 0.717) is 0 Å². The Morgan fingerprint density at radius 1 is 0.290 bits per heavy atom. The zero-order valence-electron chi connectivity index (χ0n) is 13.0. The maximum absolute atomic E-state index is 3.89. The Balaban J connectivity index is 6.96. The third kappa shape index (κ3) is 8.63. The van der Waals surface area contributed by atoms with Gasteiger partial charge >= 0.3 is 0 Å². The molecule has 0 rings (SSSR count). The molecule has 0 aromatic rings. The van der Waals surface area contributed by atoms with Gasteiger partial charge in [0.2, 0.25) is 0 Å². The second-order valence-corrected chi connectivity index (χ2v) is 46.9. The van der Waals surface area contributed by atoms with Crippen LogP contribution in [0.1, 0.15) is 0 Å². The van der Waals surface area contributed by atoms with Crippen LogP contribution in [0.5, 0.6) is 0 Å². The van der Waals surface area contributed by atoms with Crippen LogP contribution < -0.4 is 0 Å². The second kappa shape index (κ2) is 13.6. The Bertz CT molecular complexity index is 627. The van der Waals surface area contributed by atoms with Gasteiger partial charge in [0.1, 0.15) is 23.7 Å². The maximum Gasteiger partial charge on any atom is 0.162 e. The Morgan fingerprint density at radius 3 is 0.742 bits per heavy atom. The van der Waals surface area contributed by atoms with Gasteiger partial charge in [0, 0.05) is 0 Å². The van der Waals surface area contributed by atoms with E-state index in [4.69, 9.17) is 0 Å². The fourth-order valence-corrected chi connectivity index (χ4v) is 26.3. The van der Waals surface area contributed by atoms with Crippen molar-refractivity contribution in [3.8, 4) is 0 Å². The van der Waals surface area contributed by atoms with E-state index in [1.165, 1.54) is 0 Å². The quantitative estimate of drug-likeness (QED) is 0.233. The zero-order valence-corrected chi connectivity index (χ0v) is 46.3. The van der Waals surface area contributed by atoms with Gasteiger partial charge in [-0.3, -0.25) is 0 Å². The first-order chi connectivity index (χ1) is 12.9. The number of hydrogen-bond donors (Lipinski definition) is 0. The zero-order chi connectivity index (χ0) is 26.1. The van der Waals surface area contributed by atoms with Crippen LogP contribution >= 0.6 is 335 Å². The van der Waals surface area contributed by atoms with Crippen LogP contribution in [-0.2, 0) is 0 Å². The summed E-state index contributed by atoms with van der Waals surface area (Å²) in [5.74, 6) is -0.364. The molecule has 0 nitrogen and oxygen atoms in total. The van der Waals surface area contributed by atoms with Crippen LogP contribution in [0, 0.1) is 5.92 Å².